The summed E-state index contributed by atoms with van der Waals surface area (Å²) in [5.74, 6) is -0.549. The van der Waals surface area contributed by atoms with E-state index in [1.165, 1.54) is 7.11 Å². The van der Waals surface area contributed by atoms with Crippen LogP contribution < -0.4 is 5.43 Å². The molecule has 7 heteroatoms. The molecule has 2 heterocycles. The quantitative estimate of drug-likeness (QED) is 0.792. The number of nitrogens with zero attached hydrogens (tertiary/aromatic N) is 1. The lowest BCUT2D eigenvalue weighted by atomic mass is 9.99. The van der Waals surface area contributed by atoms with Gasteiger partial charge < -0.3 is 19.4 Å². The summed E-state index contributed by atoms with van der Waals surface area (Å²) in [6, 6.07) is 4.99. The van der Waals surface area contributed by atoms with E-state index in [1.54, 1.807) is 23.1 Å². The number of benzene rings is 1. The van der Waals surface area contributed by atoms with Crippen molar-refractivity contribution in [1.29, 1.82) is 0 Å². The summed E-state index contributed by atoms with van der Waals surface area (Å²) in [4.78, 5) is 42.0. The van der Waals surface area contributed by atoms with Gasteiger partial charge in [-0.3, -0.25) is 4.79 Å². The summed E-state index contributed by atoms with van der Waals surface area (Å²) >= 11 is 0. The lowest BCUT2D eigenvalue weighted by Crippen LogP contribution is -2.41. The van der Waals surface area contributed by atoms with Gasteiger partial charge in [0.15, 0.2) is 5.43 Å². The molecule has 0 radical (unpaired) electrons. The number of hydrogen-bond acceptors (Lipinski definition) is 5. The third-order valence-electron chi connectivity index (χ3n) is 4.25. The van der Waals surface area contributed by atoms with Crippen LogP contribution in [0.1, 0.15) is 42.4 Å². The Morgan fingerprint density at radius 3 is 2.62 bits per heavy atom. The van der Waals surface area contributed by atoms with Crippen molar-refractivity contribution in [3.8, 4) is 0 Å². The number of amides is 1. The maximum atomic E-state index is 13.0. The molecule has 7 nitrogen and oxygen atoms in total. The van der Waals surface area contributed by atoms with E-state index >= 15 is 0 Å². The summed E-state index contributed by atoms with van der Waals surface area (Å²) in [6.07, 6.45) is -0.0116. The molecule has 0 spiro atoms. The van der Waals surface area contributed by atoms with E-state index in [1.807, 2.05) is 20.8 Å². The number of aromatic nitrogens is 1. The minimum Gasteiger partial charge on any atom is -0.465 e. The lowest BCUT2D eigenvalue weighted by molar-refractivity contribution is 0.0220. The molecule has 0 unspecified atom stereocenters. The minimum absolute atomic E-state index is 0.196. The molecule has 0 fully saturated rings. The van der Waals surface area contributed by atoms with Crippen molar-refractivity contribution in [2.75, 3.05) is 13.7 Å². The second kappa shape index (κ2) is 6.48. The molecule has 1 aromatic heterocycles. The van der Waals surface area contributed by atoms with Gasteiger partial charge in [0, 0.05) is 17.8 Å². The number of esters is 1. The van der Waals surface area contributed by atoms with Gasteiger partial charge in [-0.2, -0.15) is 0 Å². The molecule has 0 saturated heterocycles. The van der Waals surface area contributed by atoms with Crippen molar-refractivity contribution < 1.29 is 19.1 Å². The van der Waals surface area contributed by atoms with Gasteiger partial charge in [0.25, 0.3) is 0 Å². The molecule has 1 amide bonds. The SMILES string of the molecule is COC(=O)c1cccc2[nH]c3c(c(=O)c12)CCN(C(=O)OC(C)(C)C)C3. The van der Waals surface area contributed by atoms with E-state index in [4.69, 9.17) is 9.47 Å². The molecule has 1 aliphatic heterocycles. The molecule has 0 aliphatic carbocycles. The number of carbonyl (C=O) groups is 2. The predicted octanol–water partition coefficient (Wildman–Crippen LogP) is 2.61. The minimum atomic E-state index is -0.580. The Labute approximate surface area is 150 Å². The molecule has 1 N–H and O–H groups in total. The Morgan fingerprint density at radius 2 is 1.96 bits per heavy atom. The number of rotatable bonds is 1. The molecular formula is C19H22N2O5. The number of hydrogen-bond donors (Lipinski definition) is 1. The number of carbonyl (C=O) groups excluding carboxylic acids is 2. The van der Waals surface area contributed by atoms with E-state index in [-0.39, 0.29) is 17.5 Å². The topological polar surface area (TPSA) is 88.7 Å². The number of nitrogens with one attached hydrogen (secondary N) is 1. The highest BCUT2D eigenvalue weighted by Gasteiger charge is 2.28. The lowest BCUT2D eigenvalue weighted by Gasteiger charge is -2.31. The average molecular weight is 358 g/mol. The van der Waals surface area contributed by atoms with Gasteiger partial charge in [-0.05, 0) is 39.3 Å². The van der Waals surface area contributed by atoms with Crippen LogP contribution >= 0.6 is 0 Å². The van der Waals surface area contributed by atoms with E-state index in [0.717, 1.165) is 0 Å². The van der Waals surface area contributed by atoms with Crippen LogP contribution in [0.5, 0.6) is 0 Å². The number of fused-ring (bicyclic) bond motifs is 2. The van der Waals surface area contributed by atoms with Crippen LogP contribution in [-0.2, 0) is 22.4 Å². The molecule has 26 heavy (non-hydrogen) atoms. The highest BCUT2D eigenvalue weighted by molar-refractivity contribution is 6.03. The highest BCUT2D eigenvalue weighted by Crippen LogP contribution is 2.22. The van der Waals surface area contributed by atoms with Crippen molar-refractivity contribution in [3.63, 3.8) is 0 Å². The molecule has 2 aromatic rings. The van der Waals surface area contributed by atoms with Crippen molar-refractivity contribution in [1.82, 2.24) is 9.88 Å². The van der Waals surface area contributed by atoms with Crippen molar-refractivity contribution >= 4 is 23.0 Å². The van der Waals surface area contributed by atoms with Crippen LogP contribution in [0, 0.1) is 0 Å². The number of pyridine rings is 1. The summed E-state index contributed by atoms with van der Waals surface area (Å²) in [7, 11) is 1.28. The monoisotopic (exact) mass is 358 g/mol. The van der Waals surface area contributed by atoms with E-state index < -0.39 is 17.7 Å². The normalized spacial score (nSPS) is 14.1. The first-order valence-corrected chi connectivity index (χ1v) is 8.44. The van der Waals surface area contributed by atoms with Crippen molar-refractivity contribution in [3.05, 3.63) is 45.2 Å². The second-order valence-corrected chi connectivity index (χ2v) is 7.28. The third kappa shape index (κ3) is 3.29. The summed E-state index contributed by atoms with van der Waals surface area (Å²) in [6.45, 7) is 6.08. The van der Waals surface area contributed by atoms with Gasteiger partial charge in [-0.25, -0.2) is 9.59 Å². The first-order chi connectivity index (χ1) is 12.2. The number of aromatic amines is 1. The predicted molar refractivity (Wildman–Crippen MR) is 96.3 cm³/mol. The van der Waals surface area contributed by atoms with Gasteiger partial charge in [-0.1, -0.05) is 6.07 Å². The Kier molecular flexibility index (Phi) is 4.48. The Hall–Kier alpha value is -2.83. The largest absolute Gasteiger partial charge is 0.465 e. The molecule has 0 bridgehead atoms. The van der Waals surface area contributed by atoms with Gasteiger partial charge in [0.2, 0.25) is 0 Å². The van der Waals surface area contributed by atoms with Gasteiger partial charge in [0.05, 0.1) is 30.1 Å². The van der Waals surface area contributed by atoms with Gasteiger partial charge >= 0.3 is 12.1 Å². The maximum absolute atomic E-state index is 13.0. The Morgan fingerprint density at radius 1 is 1.23 bits per heavy atom. The molecule has 0 saturated carbocycles. The Bertz CT molecular complexity index is 939. The fourth-order valence-corrected chi connectivity index (χ4v) is 3.11. The number of ether oxygens (including phenoxy) is 2. The summed E-state index contributed by atoms with van der Waals surface area (Å²) in [5.41, 5.74) is 1.27. The van der Waals surface area contributed by atoms with Crippen LogP contribution in [0.15, 0.2) is 23.0 Å². The van der Waals surface area contributed by atoms with Crippen molar-refractivity contribution in [2.24, 2.45) is 0 Å². The molecule has 1 aliphatic rings. The first kappa shape index (κ1) is 18.0. The zero-order valence-corrected chi connectivity index (χ0v) is 15.3. The van der Waals surface area contributed by atoms with E-state index in [2.05, 4.69) is 4.98 Å². The molecule has 3 rings (SSSR count). The number of H-pyrrole nitrogens is 1. The highest BCUT2D eigenvalue weighted by atomic mass is 16.6. The molecule has 138 valence electrons. The summed E-state index contributed by atoms with van der Waals surface area (Å²) < 4.78 is 10.2. The smallest absolute Gasteiger partial charge is 0.410 e. The number of methoxy groups -OCH3 is 1. The van der Waals surface area contributed by atoms with Crippen LogP contribution in [-0.4, -0.2) is 41.2 Å². The summed E-state index contributed by atoms with van der Waals surface area (Å²) in [5, 5.41) is 0.323. The van der Waals surface area contributed by atoms with E-state index in [0.29, 0.717) is 35.1 Å². The Balaban J connectivity index is 2.02. The first-order valence-electron chi connectivity index (χ1n) is 8.44. The third-order valence-corrected chi connectivity index (χ3v) is 4.25. The van der Waals surface area contributed by atoms with Gasteiger partial charge in [0.1, 0.15) is 5.60 Å². The van der Waals surface area contributed by atoms with Crippen LogP contribution in [0.3, 0.4) is 0 Å². The van der Waals surface area contributed by atoms with Crippen molar-refractivity contribution in [2.45, 2.75) is 39.3 Å². The fourth-order valence-electron chi connectivity index (χ4n) is 3.11. The zero-order valence-electron chi connectivity index (χ0n) is 15.3. The molecular weight excluding hydrogens is 336 g/mol. The zero-order chi connectivity index (χ0) is 19.1. The molecule has 0 atom stereocenters. The van der Waals surface area contributed by atoms with Crippen LogP contribution in [0.25, 0.3) is 10.9 Å². The average Bonchev–Trinajstić information content (AvgIpc) is 2.58. The molecule has 1 aromatic carbocycles. The standard InChI is InChI=1S/C19H22N2O5/c1-19(2,3)26-18(24)21-9-8-11-14(10-21)20-13-7-5-6-12(17(23)25-4)15(13)16(11)22/h5-7H,8-10H2,1-4H3,(H,20,22). The van der Waals surface area contributed by atoms with Crippen LogP contribution in [0.2, 0.25) is 0 Å². The fraction of sp³-hybridized carbons (Fsp3) is 0.421. The van der Waals surface area contributed by atoms with Crippen LogP contribution in [0.4, 0.5) is 4.79 Å². The van der Waals surface area contributed by atoms with Gasteiger partial charge in [-0.15, -0.1) is 0 Å². The van der Waals surface area contributed by atoms with E-state index in [9.17, 15) is 14.4 Å². The maximum Gasteiger partial charge on any atom is 0.410 e. The second-order valence-electron chi connectivity index (χ2n) is 7.28.